The van der Waals surface area contributed by atoms with Gasteiger partial charge in [-0.25, -0.2) is 9.78 Å². The topological polar surface area (TPSA) is 46.8 Å². The van der Waals surface area contributed by atoms with Gasteiger partial charge in [0.05, 0.1) is 5.03 Å². The van der Waals surface area contributed by atoms with Gasteiger partial charge in [-0.1, -0.05) is 6.07 Å². The van der Waals surface area contributed by atoms with Crippen molar-refractivity contribution >= 4 is 23.5 Å². The van der Waals surface area contributed by atoms with Crippen LogP contribution in [0.15, 0.2) is 35.6 Å². The number of rotatable bonds is 2. The van der Waals surface area contributed by atoms with Crippen LogP contribution < -0.4 is 0 Å². The summed E-state index contributed by atoms with van der Waals surface area (Å²) < 4.78 is 7.56. The number of aromatic nitrogens is 2. The molecule has 0 radical (unpaired) electrons. The Kier molecular flexibility index (Phi) is 4.53. The molecule has 124 valence electrons. The summed E-state index contributed by atoms with van der Waals surface area (Å²) in [5.41, 5.74) is 0.543. The lowest BCUT2D eigenvalue weighted by Gasteiger charge is -2.33. The molecule has 3 rings (SSSR count). The first-order valence-electron chi connectivity index (χ1n) is 7.99. The van der Waals surface area contributed by atoms with E-state index in [4.69, 9.17) is 4.74 Å². The molecule has 1 aliphatic heterocycles. The second kappa shape index (κ2) is 6.43. The first kappa shape index (κ1) is 16.2. The third-order valence-electron chi connectivity index (χ3n) is 3.77. The number of carbonyl (C=O) groups is 1. The molecule has 1 amide bonds. The Morgan fingerprint density at radius 3 is 2.74 bits per heavy atom. The third-order valence-corrected chi connectivity index (χ3v) is 5.15. The van der Waals surface area contributed by atoms with Crippen LogP contribution in [-0.2, 0) is 4.74 Å². The third kappa shape index (κ3) is 3.99. The molecule has 0 atom stereocenters. The summed E-state index contributed by atoms with van der Waals surface area (Å²) in [5, 5.41) is 1.72. The molecule has 1 aliphatic rings. The fourth-order valence-corrected chi connectivity index (χ4v) is 3.88. The molecular weight excluding hydrogens is 310 g/mol. The summed E-state index contributed by atoms with van der Waals surface area (Å²) in [6, 6.07) is 6.18. The second-order valence-electron chi connectivity index (χ2n) is 6.80. The molecule has 1 fully saturated rings. The SMILES string of the molecule is CC(C)(C)OC(=O)N1CCC(Sc2cccc3nccn23)CC1. The normalized spacial score (nSPS) is 16.7. The summed E-state index contributed by atoms with van der Waals surface area (Å²) in [6.45, 7) is 7.22. The predicted molar refractivity (Wildman–Crippen MR) is 91.9 cm³/mol. The van der Waals surface area contributed by atoms with Gasteiger partial charge in [0.1, 0.15) is 11.2 Å². The van der Waals surface area contributed by atoms with Gasteiger partial charge in [0.25, 0.3) is 0 Å². The van der Waals surface area contributed by atoms with Crippen LogP contribution in [-0.4, -0.2) is 44.3 Å². The fourth-order valence-electron chi connectivity index (χ4n) is 2.67. The highest BCUT2D eigenvalue weighted by Crippen LogP contribution is 2.31. The fraction of sp³-hybridized carbons (Fsp3) is 0.529. The molecule has 0 bridgehead atoms. The number of amides is 1. The standard InChI is InChI=1S/C17H23N3O2S/c1-17(2,3)22-16(21)19-10-7-13(8-11-19)23-15-6-4-5-14-18-9-12-20(14)15/h4-6,9,12-13H,7-8,10-11H2,1-3H3. The maximum absolute atomic E-state index is 12.1. The molecule has 5 nitrogen and oxygen atoms in total. The number of hydrogen-bond acceptors (Lipinski definition) is 4. The summed E-state index contributed by atoms with van der Waals surface area (Å²) in [7, 11) is 0. The van der Waals surface area contributed by atoms with E-state index in [0.29, 0.717) is 5.25 Å². The second-order valence-corrected chi connectivity index (χ2v) is 8.12. The molecule has 2 aromatic heterocycles. The maximum Gasteiger partial charge on any atom is 0.410 e. The van der Waals surface area contributed by atoms with Gasteiger partial charge in [0.15, 0.2) is 0 Å². The highest BCUT2D eigenvalue weighted by atomic mass is 32.2. The van der Waals surface area contributed by atoms with Crippen molar-refractivity contribution in [1.82, 2.24) is 14.3 Å². The van der Waals surface area contributed by atoms with Gasteiger partial charge in [-0.2, -0.15) is 0 Å². The molecule has 23 heavy (non-hydrogen) atoms. The van der Waals surface area contributed by atoms with Crippen LogP contribution in [0, 0.1) is 0 Å². The van der Waals surface area contributed by atoms with Crippen LogP contribution in [0.25, 0.3) is 5.65 Å². The molecule has 0 N–H and O–H groups in total. The minimum absolute atomic E-state index is 0.197. The molecule has 6 heteroatoms. The molecule has 1 saturated heterocycles. The Bertz CT molecular complexity index is 684. The van der Waals surface area contributed by atoms with E-state index in [2.05, 4.69) is 15.5 Å². The monoisotopic (exact) mass is 333 g/mol. The summed E-state index contributed by atoms with van der Waals surface area (Å²) in [5.74, 6) is 0. The number of likely N-dealkylation sites (tertiary alicyclic amines) is 1. The zero-order valence-corrected chi connectivity index (χ0v) is 14.7. The number of piperidine rings is 1. The number of nitrogens with zero attached hydrogens (tertiary/aromatic N) is 3. The number of hydrogen-bond donors (Lipinski definition) is 0. The van der Waals surface area contributed by atoms with Gasteiger partial charge in [0.2, 0.25) is 0 Å². The molecule has 0 aromatic carbocycles. The van der Waals surface area contributed by atoms with Crippen molar-refractivity contribution in [3.05, 3.63) is 30.6 Å². The van der Waals surface area contributed by atoms with Crippen LogP contribution in [0.4, 0.5) is 4.79 Å². The Morgan fingerprint density at radius 2 is 2.04 bits per heavy atom. The van der Waals surface area contributed by atoms with E-state index < -0.39 is 5.60 Å². The van der Waals surface area contributed by atoms with E-state index in [1.54, 1.807) is 0 Å². The van der Waals surface area contributed by atoms with E-state index >= 15 is 0 Å². The lowest BCUT2D eigenvalue weighted by Crippen LogP contribution is -2.42. The van der Waals surface area contributed by atoms with E-state index in [1.165, 1.54) is 5.03 Å². The molecular formula is C17H23N3O2S. The maximum atomic E-state index is 12.1. The van der Waals surface area contributed by atoms with Crippen LogP contribution in [0.5, 0.6) is 0 Å². The van der Waals surface area contributed by atoms with Crippen LogP contribution in [0.2, 0.25) is 0 Å². The van der Waals surface area contributed by atoms with Gasteiger partial charge >= 0.3 is 6.09 Å². The van der Waals surface area contributed by atoms with Crippen molar-refractivity contribution in [3.63, 3.8) is 0 Å². The lowest BCUT2D eigenvalue weighted by molar-refractivity contribution is 0.0219. The Labute approximate surface area is 141 Å². The molecule has 0 spiro atoms. The van der Waals surface area contributed by atoms with E-state index in [0.717, 1.165) is 31.6 Å². The van der Waals surface area contributed by atoms with E-state index in [-0.39, 0.29) is 6.09 Å². The number of ether oxygens (including phenoxy) is 1. The molecule has 2 aromatic rings. The quantitative estimate of drug-likeness (QED) is 0.838. The van der Waals surface area contributed by atoms with Crippen molar-refractivity contribution in [1.29, 1.82) is 0 Å². The summed E-state index contributed by atoms with van der Waals surface area (Å²) in [4.78, 5) is 18.2. The predicted octanol–water partition coefficient (Wildman–Crippen LogP) is 3.83. The van der Waals surface area contributed by atoms with Crippen LogP contribution >= 0.6 is 11.8 Å². The minimum Gasteiger partial charge on any atom is -0.444 e. The Hall–Kier alpha value is -1.69. The average Bonchev–Trinajstić information content (AvgIpc) is 2.96. The summed E-state index contributed by atoms with van der Waals surface area (Å²) in [6.07, 6.45) is 5.58. The molecule has 3 heterocycles. The van der Waals surface area contributed by atoms with Gasteiger partial charge in [-0.05, 0) is 45.7 Å². The van der Waals surface area contributed by atoms with Gasteiger partial charge < -0.3 is 9.64 Å². The number of thioether (sulfide) groups is 1. The van der Waals surface area contributed by atoms with Gasteiger partial charge in [0, 0.05) is 30.7 Å². The Balaban J connectivity index is 1.57. The number of imidazole rings is 1. The molecule has 0 saturated carbocycles. The van der Waals surface area contributed by atoms with Gasteiger partial charge in [-0.3, -0.25) is 4.40 Å². The van der Waals surface area contributed by atoms with E-state index in [9.17, 15) is 4.79 Å². The molecule has 0 unspecified atom stereocenters. The van der Waals surface area contributed by atoms with Crippen molar-refractivity contribution in [2.45, 2.75) is 49.5 Å². The van der Waals surface area contributed by atoms with Crippen molar-refractivity contribution < 1.29 is 9.53 Å². The lowest BCUT2D eigenvalue weighted by atomic mass is 10.1. The first-order chi connectivity index (χ1) is 10.9. The molecule has 0 aliphatic carbocycles. The van der Waals surface area contributed by atoms with E-state index in [1.807, 2.05) is 62.0 Å². The number of fused-ring (bicyclic) bond motifs is 1. The smallest absolute Gasteiger partial charge is 0.410 e. The van der Waals surface area contributed by atoms with Crippen molar-refractivity contribution in [2.75, 3.05) is 13.1 Å². The number of pyridine rings is 1. The summed E-state index contributed by atoms with van der Waals surface area (Å²) >= 11 is 1.87. The van der Waals surface area contributed by atoms with Crippen molar-refractivity contribution in [3.8, 4) is 0 Å². The van der Waals surface area contributed by atoms with Crippen molar-refractivity contribution in [2.24, 2.45) is 0 Å². The number of carbonyl (C=O) groups excluding carboxylic acids is 1. The first-order valence-corrected chi connectivity index (χ1v) is 8.87. The van der Waals surface area contributed by atoms with Gasteiger partial charge in [-0.15, -0.1) is 11.8 Å². The van der Waals surface area contributed by atoms with Crippen LogP contribution in [0.3, 0.4) is 0 Å². The zero-order chi connectivity index (χ0) is 16.4. The largest absolute Gasteiger partial charge is 0.444 e. The van der Waals surface area contributed by atoms with Crippen LogP contribution in [0.1, 0.15) is 33.6 Å². The highest BCUT2D eigenvalue weighted by Gasteiger charge is 2.27. The average molecular weight is 333 g/mol. The highest BCUT2D eigenvalue weighted by molar-refractivity contribution is 7.99. The Morgan fingerprint density at radius 1 is 1.30 bits per heavy atom. The minimum atomic E-state index is -0.431. The zero-order valence-electron chi connectivity index (χ0n) is 13.9.